The SMILES string of the molecule is CC(C)Cc1nc(C2Cc3ccccc3C2)nc(N)c1I. The van der Waals surface area contributed by atoms with E-state index in [4.69, 9.17) is 10.7 Å². The highest BCUT2D eigenvalue weighted by atomic mass is 127. The van der Waals surface area contributed by atoms with Crippen LogP contribution in [0, 0.1) is 9.49 Å². The average molecular weight is 393 g/mol. The largest absolute Gasteiger partial charge is 0.383 e. The fourth-order valence-corrected chi connectivity index (χ4v) is 3.44. The van der Waals surface area contributed by atoms with Gasteiger partial charge in [-0.3, -0.25) is 0 Å². The quantitative estimate of drug-likeness (QED) is 0.809. The molecule has 4 heteroatoms. The Kier molecular flexibility index (Phi) is 4.15. The van der Waals surface area contributed by atoms with Gasteiger partial charge in [0.2, 0.25) is 0 Å². The van der Waals surface area contributed by atoms with Gasteiger partial charge < -0.3 is 5.73 Å². The van der Waals surface area contributed by atoms with Crippen LogP contribution in [0.4, 0.5) is 5.82 Å². The number of benzene rings is 1. The molecule has 1 aromatic carbocycles. The molecule has 1 aliphatic rings. The molecule has 0 unspecified atom stereocenters. The number of hydrogen-bond acceptors (Lipinski definition) is 3. The number of anilines is 1. The molecule has 1 aromatic heterocycles. The number of rotatable bonds is 3. The molecule has 0 atom stereocenters. The third-order valence-corrected chi connectivity index (χ3v) is 5.16. The summed E-state index contributed by atoms with van der Waals surface area (Å²) in [5.74, 6) is 2.49. The van der Waals surface area contributed by atoms with Crippen LogP contribution in [0.3, 0.4) is 0 Å². The van der Waals surface area contributed by atoms with Crippen molar-refractivity contribution >= 4 is 28.4 Å². The van der Waals surface area contributed by atoms with E-state index in [2.05, 4.69) is 65.7 Å². The van der Waals surface area contributed by atoms with E-state index < -0.39 is 0 Å². The van der Waals surface area contributed by atoms with Gasteiger partial charge in [-0.05, 0) is 58.9 Å². The number of nitrogen functional groups attached to an aromatic ring is 1. The van der Waals surface area contributed by atoms with Crippen LogP contribution in [0.1, 0.15) is 42.4 Å². The first-order valence-corrected chi connectivity index (χ1v) is 8.51. The minimum atomic E-state index is 0.368. The molecule has 0 fully saturated rings. The molecular weight excluding hydrogens is 373 g/mol. The summed E-state index contributed by atoms with van der Waals surface area (Å²) in [5.41, 5.74) is 10.1. The van der Waals surface area contributed by atoms with E-state index in [1.165, 1.54) is 11.1 Å². The molecule has 2 aromatic rings. The lowest BCUT2D eigenvalue weighted by Gasteiger charge is -2.14. The number of fused-ring (bicyclic) bond motifs is 1. The van der Waals surface area contributed by atoms with E-state index >= 15 is 0 Å². The minimum Gasteiger partial charge on any atom is -0.383 e. The van der Waals surface area contributed by atoms with Crippen LogP contribution in [0.2, 0.25) is 0 Å². The van der Waals surface area contributed by atoms with Gasteiger partial charge in [0.25, 0.3) is 0 Å². The zero-order valence-corrected chi connectivity index (χ0v) is 14.6. The van der Waals surface area contributed by atoms with Gasteiger partial charge in [0.1, 0.15) is 11.6 Å². The number of nitrogens with zero attached hydrogens (tertiary/aromatic N) is 2. The lowest BCUT2D eigenvalue weighted by atomic mass is 10.0. The fourth-order valence-electron chi connectivity index (χ4n) is 2.98. The fraction of sp³-hybridized carbons (Fsp3) is 0.412. The van der Waals surface area contributed by atoms with E-state index in [1.54, 1.807) is 0 Å². The van der Waals surface area contributed by atoms with Crippen molar-refractivity contribution < 1.29 is 0 Å². The van der Waals surface area contributed by atoms with Crippen molar-refractivity contribution in [1.29, 1.82) is 0 Å². The van der Waals surface area contributed by atoms with E-state index in [1.807, 2.05) is 0 Å². The Morgan fingerprint density at radius 1 is 1.19 bits per heavy atom. The predicted octanol–water partition coefficient (Wildman–Crippen LogP) is 3.74. The molecule has 3 nitrogen and oxygen atoms in total. The van der Waals surface area contributed by atoms with Crippen molar-refractivity contribution in [2.24, 2.45) is 5.92 Å². The van der Waals surface area contributed by atoms with Crippen molar-refractivity contribution in [3.63, 3.8) is 0 Å². The van der Waals surface area contributed by atoms with Gasteiger partial charge in [-0.2, -0.15) is 0 Å². The Morgan fingerprint density at radius 2 is 1.81 bits per heavy atom. The van der Waals surface area contributed by atoms with Gasteiger partial charge in [-0.25, -0.2) is 9.97 Å². The third-order valence-electron chi connectivity index (χ3n) is 3.98. The lowest BCUT2D eigenvalue weighted by Crippen LogP contribution is -2.13. The highest BCUT2D eigenvalue weighted by Gasteiger charge is 2.26. The second-order valence-corrected chi connectivity index (χ2v) is 7.28. The molecule has 1 aliphatic carbocycles. The molecule has 0 aliphatic heterocycles. The van der Waals surface area contributed by atoms with Crippen LogP contribution >= 0.6 is 22.6 Å². The highest BCUT2D eigenvalue weighted by Crippen LogP contribution is 2.33. The van der Waals surface area contributed by atoms with Crippen molar-refractivity contribution in [2.75, 3.05) is 5.73 Å². The average Bonchev–Trinajstić information content (AvgIpc) is 2.87. The van der Waals surface area contributed by atoms with Crippen molar-refractivity contribution in [2.45, 2.75) is 39.0 Å². The smallest absolute Gasteiger partial charge is 0.140 e. The molecule has 0 radical (unpaired) electrons. The van der Waals surface area contributed by atoms with E-state index in [9.17, 15) is 0 Å². The van der Waals surface area contributed by atoms with E-state index in [0.29, 0.717) is 17.7 Å². The molecule has 110 valence electrons. The third kappa shape index (κ3) is 3.05. The van der Waals surface area contributed by atoms with Crippen LogP contribution in [-0.4, -0.2) is 9.97 Å². The number of hydrogen-bond donors (Lipinski definition) is 1. The number of nitrogens with two attached hydrogens (primary N) is 1. The predicted molar refractivity (Wildman–Crippen MR) is 94.3 cm³/mol. The zero-order chi connectivity index (χ0) is 15.0. The molecular formula is C17H20IN3. The lowest BCUT2D eigenvalue weighted by molar-refractivity contribution is 0.614. The van der Waals surface area contributed by atoms with E-state index in [0.717, 1.165) is 34.4 Å². The molecule has 0 saturated carbocycles. The molecule has 2 N–H and O–H groups in total. The van der Waals surface area contributed by atoms with Crippen molar-refractivity contribution in [3.05, 3.63) is 50.5 Å². The van der Waals surface area contributed by atoms with Gasteiger partial charge >= 0.3 is 0 Å². The first kappa shape index (κ1) is 14.8. The van der Waals surface area contributed by atoms with E-state index in [-0.39, 0.29) is 0 Å². The van der Waals surface area contributed by atoms with Gasteiger partial charge in [-0.15, -0.1) is 0 Å². The Morgan fingerprint density at radius 3 is 2.38 bits per heavy atom. The van der Waals surface area contributed by atoms with Crippen molar-refractivity contribution in [1.82, 2.24) is 9.97 Å². The second-order valence-electron chi connectivity index (χ2n) is 6.20. The molecule has 0 spiro atoms. The van der Waals surface area contributed by atoms with Crippen LogP contribution in [0.15, 0.2) is 24.3 Å². The van der Waals surface area contributed by atoms with Crippen LogP contribution in [-0.2, 0) is 19.3 Å². The summed E-state index contributed by atoms with van der Waals surface area (Å²) < 4.78 is 1.01. The summed E-state index contributed by atoms with van der Waals surface area (Å²) in [6.07, 6.45) is 3.01. The molecule has 21 heavy (non-hydrogen) atoms. The molecule has 0 saturated heterocycles. The van der Waals surface area contributed by atoms with Gasteiger partial charge in [0.15, 0.2) is 0 Å². The highest BCUT2D eigenvalue weighted by molar-refractivity contribution is 14.1. The normalized spacial score (nSPS) is 14.7. The Hall–Kier alpha value is -1.17. The molecule has 0 amide bonds. The summed E-state index contributed by atoms with van der Waals surface area (Å²) in [7, 11) is 0. The Balaban J connectivity index is 1.92. The first-order chi connectivity index (χ1) is 10.0. The molecule has 3 rings (SSSR count). The van der Waals surface area contributed by atoms with Crippen LogP contribution < -0.4 is 5.73 Å². The summed E-state index contributed by atoms with van der Waals surface area (Å²) in [5, 5.41) is 0. The summed E-state index contributed by atoms with van der Waals surface area (Å²) in [6.45, 7) is 4.42. The maximum absolute atomic E-state index is 6.11. The maximum Gasteiger partial charge on any atom is 0.140 e. The van der Waals surface area contributed by atoms with Gasteiger partial charge in [-0.1, -0.05) is 38.1 Å². The zero-order valence-electron chi connectivity index (χ0n) is 12.4. The van der Waals surface area contributed by atoms with Crippen LogP contribution in [0.25, 0.3) is 0 Å². The summed E-state index contributed by atoms with van der Waals surface area (Å²) in [4.78, 5) is 9.40. The molecule has 1 heterocycles. The standard InChI is InChI=1S/C17H20IN3/c1-10(2)7-14-15(18)16(19)21-17(20-14)13-8-11-5-3-4-6-12(11)9-13/h3-6,10,13H,7-9H2,1-2H3,(H2,19,20,21). The maximum atomic E-state index is 6.11. The molecule has 0 bridgehead atoms. The minimum absolute atomic E-state index is 0.368. The van der Waals surface area contributed by atoms with Crippen molar-refractivity contribution in [3.8, 4) is 0 Å². The summed E-state index contributed by atoms with van der Waals surface area (Å²) >= 11 is 2.27. The second kappa shape index (κ2) is 5.91. The van der Waals surface area contributed by atoms with Gasteiger partial charge in [0.05, 0.1) is 9.26 Å². The number of halogens is 1. The topological polar surface area (TPSA) is 51.8 Å². The number of aromatic nitrogens is 2. The Labute approximate surface area is 139 Å². The van der Waals surface area contributed by atoms with Crippen LogP contribution in [0.5, 0.6) is 0 Å². The van der Waals surface area contributed by atoms with Gasteiger partial charge in [0, 0.05) is 5.92 Å². The Bertz CT molecular complexity index is 642. The monoisotopic (exact) mass is 393 g/mol. The first-order valence-electron chi connectivity index (χ1n) is 7.43. The summed E-state index contributed by atoms with van der Waals surface area (Å²) in [6, 6.07) is 8.63.